The first-order valence-electron chi connectivity index (χ1n) is 22.1. The van der Waals surface area contributed by atoms with E-state index in [0.29, 0.717) is 19.3 Å². The molecule has 1 unspecified atom stereocenters. The highest BCUT2D eigenvalue weighted by Crippen LogP contribution is 2.43. The third kappa shape index (κ3) is 40.5. The van der Waals surface area contributed by atoms with Gasteiger partial charge in [-0.25, -0.2) is 4.57 Å². The Morgan fingerprint density at radius 2 is 1.18 bits per heavy atom. The minimum atomic E-state index is -4.64. The first kappa shape index (κ1) is 54.9. The van der Waals surface area contributed by atoms with Crippen molar-refractivity contribution in [3.63, 3.8) is 0 Å². The van der Waals surface area contributed by atoms with E-state index in [1.54, 1.807) is 0 Å². The zero-order chi connectivity index (χ0) is 42.2. The summed E-state index contributed by atoms with van der Waals surface area (Å²) in [6, 6.07) is 0. The van der Waals surface area contributed by atoms with Crippen molar-refractivity contribution in [2.45, 2.75) is 193 Å². The van der Waals surface area contributed by atoms with E-state index in [4.69, 9.17) is 19.1 Å². The highest BCUT2D eigenvalue weighted by molar-refractivity contribution is 7.47. The van der Waals surface area contributed by atoms with E-state index in [9.17, 15) is 29.3 Å². The summed E-state index contributed by atoms with van der Waals surface area (Å²) in [6.07, 6.45) is 37.0. The first-order valence-corrected chi connectivity index (χ1v) is 23.6. The minimum absolute atomic E-state index is 0.0881. The molecule has 0 rings (SSSR count). The number of hydrogen-bond acceptors (Lipinski definition) is 10. The minimum Gasteiger partial charge on any atom is -0.462 e. The molecule has 0 aromatic carbocycles. The van der Waals surface area contributed by atoms with Gasteiger partial charge in [-0.2, -0.15) is 0 Å². The lowest BCUT2D eigenvalue weighted by Crippen LogP contribution is -2.29. The van der Waals surface area contributed by atoms with Crippen LogP contribution in [-0.2, 0) is 32.7 Å². The van der Waals surface area contributed by atoms with Gasteiger partial charge in [-0.3, -0.25) is 18.6 Å². The van der Waals surface area contributed by atoms with Crippen molar-refractivity contribution in [2.75, 3.05) is 26.4 Å². The second-order valence-corrected chi connectivity index (χ2v) is 16.9. The van der Waals surface area contributed by atoms with Crippen LogP contribution in [-0.4, -0.2) is 76.9 Å². The zero-order valence-electron chi connectivity index (χ0n) is 35.8. The Hall–Kier alpha value is -2.11. The van der Waals surface area contributed by atoms with Gasteiger partial charge in [0.05, 0.1) is 25.9 Å². The van der Waals surface area contributed by atoms with Crippen molar-refractivity contribution in [1.29, 1.82) is 0 Å². The van der Waals surface area contributed by atoms with Crippen molar-refractivity contribution in [3.05, 3.63) is 48.6 Å². The molecule has 0 aromatic heterocycles. The lowest BCUT2D eigenvalue weighted by molar-refractivity contribution is -0.161. The van der Waals surface area contributed by atoms with Gasteiger partial charge in [0, 0.05) is 12.8 Å². The predicted octanol–water partition coefficient (Wildman–Crippen LogP) is 10.6. The number of aliphatic hydroxyl groups excluding tert-OH is 3. The number of carbonyl (C=O) groups is 2. The second-order valence-electron chi connectivity index (χ2n) is 15.4. The Labute approximate surface area is 346 Å². The Kier molecular flexibility index (Phi) is 37.9. The largest absolute Gasteiger partial charge is 0.472 e. The highest BCUT2D eigenvalue weighted by Gasteiger charge is 2.27. The molecule has 0 bridgehead atoms. The maximum absolute atomic E-state index is 12.6. The van der Waals surface area contributed by atoms with E-state index in [2.05, 4.69) is 37.4 Å². The van der Waals surface area contributed by atoms with Crippen LogP contribution < -0.4 is 0 Å². The normalized spacial score (nSPS) is 14.9. The number of esters is 2. The van der Waals surface area contributed by atoms with Crippen LogP contribution in [0.1, 0.15) is 175 Å². The van der Waals surface area contributed by atoms with E-state index in [-0.39, 0.29) is 19.4 Å². The van der Waals surface area contributed by atoms with Crippen LogP contribution in [0.4, 0.5) is 0 Å². The molecule has 11 nitrogen and oxygen atoms in total. The standard InChI is InChI=1S/C45H81O11P/c1-4-5-26-32-41(47)33-28-23-19-15-11-9-13-17-21-25-30-35-45(50)56-43(39-55-57(51,52)54-37-42(48)36-46)38-53-44(49)34-29-24-20-16-12-8-6-7-10-14-18-22-27-31-40(2)3/h9,11,17,19,21,23,28,33,40-43,46-48H,4-8,10,12-16,18,20,22,24-27,29-32,34-39H2,1-3H3,(H,51,52)/b11-9-,21-17-,23-19-,33-28+/t41-,42-,43+/m0/s1. The SMILES string of the molecule is CCCCC[C@H](O)/C=C/C=C\C/C=C\C/C=C\CCCC(=O)O[C@H](COC(=O)CCCCCCCCCCCCCCCC(C)C)COP(=O)(O)OC[C@@H](O)CO. The second kappa shape index (κ2) is 39.4. The van der Waals surface area contributed by atoms with Crippen LogP contribution in [0.5, 0.6) is 0 Å². The van der Waals surface area contributed by atoms with Gasteiger partial charge >= 0.3 is 19.8 Å². The molecular formula is C45H81O11P. The monoisotopic (exact) mass is 829 g/mol. The third-order valence-electron chi connectivity index (χ3n) is 9.27. The fourth-order valence-electron chi connectivity index (χ4n) is 5.81. The summed E-state index contributed by atoms with van der Waals surface area (Å²) in [4.78, 5) is 35.0. The molecule has 0 saturated carbocycles. The molecule has 57 heavy (non-hydrogen) atoms. The number of ether oxygens (including phenoxy) is 2. The Morgan fingerprint density at radius 1 is 0.632 bits per heavy atom. The molecule has 0 heterocycles. The van der Waals surface area contributed by atoms with Crippen molar-refractivity contribution in [1.82, 2.24) is 0 Å². The van der Waals surface area contributed by atoms with Crippen molar-refractivity contribution in [3.8, 4) is 0 Å². The fourth-order valence-corrected chi connectivity index (χ4v) is 6.60. The van der Waals surface area contributed by atoms with Crippen LogP contribution in [0.25, 0.3) is 0 Å². The zero-order valence-corrected chi connectivity index (χ0v) is 36.7. The summed E-state index contributed by atoms with van der Waals surface area (Å²) >= 11 is 0. The molecule has 0 radical (unpaired) electrons. The van der Waals surface area contributed by atoms with Gasteiger partial charge in [0.2, 0.25) is 0 Å². The molecule has 0 fully saturated rings. The maximum atomic E-state index is 12.6. The summed E-state index contributed by atoms with van der Waals surface area (Å²) in [5.41, 5.74) is 0. The first-order chi connectivity index (χ1) is 27.5. The van der Waals surface area contributed by atoms with E-state index in [0.717, 1.165) is 63.7 Å². The molecule has 0 amide bonds. The van der Waals surface area contributed by atoms with E-state index in [1.807, 2.05) is 36.5 Å². The Balaban J connectivity index is 4.42. The van der Waals surface area contributed by atoms with Crippen LogP contribution in [0.3, 0.4) is 0 Å². The van der Waals surface area contributed by atoms with Crippen LogP contribution in [0.2, 0.25) is 0 Å². The maximum Gasteiger partial charge on any atom is 0.472 e. The van der Waals surface area contributed by atoms with Crippen molar-refractivity contribution in [2.24, 2.45) is 5.92 Å². The van der Waals surface area contributed by atoms with Crippen LogP contribution >= 0.6 is 7.82 Å². The lowest BCUT2D eigenvalue weighted by Gasteiger charge is -2.20. The number of phosphoric acid groups is 1. The molecule has 332 valence electrons. The molecule has 12 heteroatoms. The van der Waals surface area contributed by atoms with Gasteiger partial charge in [-0.15, -0.1) is 0 Å². The number of rotatable bonds is 40. The van der Waals surface area contributed by atoms with E-state index in [1.165, 1.54) is 64.2 Å². The smallest absolute Gasteiger partial charge is 0.462 e. The summed E-state index contributed by atoms with van der Waals surface area (Å²) in [5.74, 6) is -0.204. The van der Waals surface area contributed by atoms with E-state index >= 15 is 0 Å². The summed E-state index contributed by atoms with van der Waals surface area (Å²) in [7, 11) is -4.64. The van der Waals surface area contributed by atoms with Gasteiger partial charge in [0.25, 0.3) is 0 Å². The number of allylic oxidation sites excluding steroid dienone is 7. The molecule has 0 aromatic rings. The van der Waals surface area contributed by atoms with Gasteiger partial charge in [0.15, 0.2) is 6.10 Å². The van der Waals surface area contributed by atoms with Crippen molar-refractivity contribution >= 4 is 19.8 Å². The topological polar surface area (TPSA) is 169 Å². The molecule has 0 aliphatic heterocycles. The fraction of sp³-hybridized carbons (Fsp3) is 0.778. The number of aliphatic hydroxyl groups is 3. The number of unbranched alkanes of at least 4 members (excludes halogenated alkanes) is 15. The molecule has 0 aliphatic rings. The summed E-state index contributed by atoms with van der Waals surface area (Å²) in [5, 5.41) is 28.2. The molecule has 0 aliphatic carbocycles. The lowest BCUT2D eigenvalue weighted by atomic mass is 10.0. The number of hydrogen-bond donors (Lipinski definition) is 4. The summed E-state index contributed by atoms with van der Waals surface area (Å²) < 4.78 is 32.6. The molecule has 0 saturated heterocycles. The number of phosphoric ester groups is 1. The summed E-state index contributed by atoms with van der Waals surface area (Å²) in [6.45, 7) is 4.51. The average molecular weight is 829 g/mol. The number of carbonyl (C=O) groups excluding carboxylic acids is 2. The van der Waals surface area contributed by atoms with Gasteiger partial charge < -0.3 is 29.7 Å². The highest BCUT2D eigenvalue weighted by atomic mass is 31.2. The van der Waals surface area contributed by atoms with E-state index < -0.39 is 57.9 Å². The van der Waals surface area contributed by atoms with Crippen LogP contribution in [0, 0.1) is 5.92 Å². The Bertz CT molecular complexity index is 1120. The molecule has 4 atom stereocenters. The van der Waals surface area contributed by atoms with Gasteiger partial charge in [0.1, 0.15) is 12.7 Å². The van der Waals surface area contributed by atoms with Crippen LogP contribution in [0.15, 0.2) is 48.6 Å². The predicted molar refractivity (Wildman–Crippen MR) is 230 cm³/mol. The van der Waals surface area contributed by atoms with Gasteiger partial charge in [-0.1, -0.05) is 172 Å². The molecule has 4 N–H and O–H groups in total. The Morgan fingerprint density at radius 3 is 1.79 bits per heavy atom. The van der Waals surface area contributed by atoms with Gasteiger partial charge in [-0.05, 0) is 44.4 Å². The molecular weight excluding hydrogens is 747 g/mol. The quantitative estimate of drug-likeness (QED) is 0.0152. The van der Waals surface area contributed by atoms with Crippen molar-refractivity contribution < 1.29 is 52.9 Å². The molecule has 0 spiro atoms. The average Bonchev–Trinajstić information content (AvgIpc) is 3.18. The third-order valence-corrected chi connectivity index (χ3v) is 10.2.